The van der Waals surface area contributed by atoms with E-state index in [1.807, 2.05) is 0 Å². The number of aromatic nitrogens is 1. The Labute approximate surface area is 139 Å². The zero-order chi connectivity index (χ0) is 18.3. The molecule has 1 fully saturated rings. The fraction of sp³-hybridized carbons (Fsp3) is 0.250. The number of halogens is 3. The van der Waals surface area contributed by atoms with Crippen LogP contribution in [0.25, 0.3) is 17.1 Å². The van der Waals surface area contributed by atoms with Gasteiger partial charge in [-0.2, -0.15) is 0 Å². The molecule has 0 spiro atoms. The van der Waals surface area contributed by atoms with Crippen LogP contribution in [0.15, 0.2) is 23.4 Å². The van der Waals surface area contributed by atoms with Gasteiger partial charge in [0.25, 0.3) is 0 Å². The predicted octanol–water partition coefficient (Wildman–Crippen LogP) is 1.91. The number of benzene rings is 1. The van der Waals surface area contributed by atoms with Gasteiger partial charge in [0.2, 0.25) is 5.43 Å². The molecule has 1 aromatic carbocycles. The first kappa shape index (κ1) is 17.0. The maximum Gasteiger partial charge on any atom is 0.341 e. The summed E-state index contributed by atoms with van der Waals surface area (Å²) in [6, 6.07) is 0.534. The van der Waals surface area contributed by atoms with Crippen molar-refractivity contribution < 1.29 is 23.1 Å². The zero-order valence-electron chi connectivity index (χ0n) is 12.9. The molecule has 1 unspecified atom stereocenters. The molecule has 0 amide bonds. The molecule has 25 heavy (non-hydrogen) atoms. The molecule has 1 aromatic heterocycles. The minimum absolute atomic E-state index is 0.0593. The van der Waals surface area contributed by atoms with Gasteiger partial charge in [-0.3, -0.25) is 4.79 Å². The summed E-state index contributed by atoms with van der Waals surface area (Å²) in [5.74, 6) is -3.66. The van der Waals surface area contributed by atoms with E-state index in [2.05, 4.69) is 0 Å². The maximum absolute atomic E-state index is 15.0. The van der Waals surface area contributed by atoms with E-state index < -0.39 is 39.5 Å². The standard InChI is InChI=1S/C16H14F3N3O3/c17-2-4-22-7-10(16(24)25)15(23)9-5-11(18)14(12(19)13(9)22)21-3-1-8(20)6-21/h2,4-5,7-8H,1,3,6,20H2,(H,24,25)/b4-2-. The molecule has 132 valence electrons. The van der Waals surface area contributed by atoms with Crippen molar-refractivity contribution >= 4 is 28.8 Å². The third kappa shape index (κ3) is 2.76. The van der Waals surface area contributed by atoms with Gasteiger partial charge in [0.15, 0.2) is 5.82 Å². The van der Waals surface area contributed by atoms with Gasteiger partial charge in [-0.1, -0.05) is 0 Å². The molecule has 0 aliphatic carbocycles. The van der Waals surface area contributed by atoms with Crippen LogP contribution in [0.5, 0.6) is 0 Å². The van der Waals surface area contributed by atoms with Gasteiger partial charge in [0, 0.05) is 31.5 Å². The molecule has 0 radical (unpaired) electrons. The summed E-state index contributed by atoms with van der Waals surface area (Å²) in [4.78, 5) is 24.8. The fourth-order valence-electron chi connectivity index (χ4n) is 3.04. The first-order valence-corrected chi connectivity index (χ1v) is 7.42. The lowest BCUT2D eigenvalue weighted by Crippen LogP contribution is -2.28. The van der Waals surface area contributed by atoms with Crippen LogP contribution in [-0.4, -0.2) is 34.8 Å². The number of hydrogen-bond donors (Lipinski definition) is 2. The average Bonchev–Trinajstić information content (AvgIpc) is 2.96. The molecule has 2 aromatic rings. The van der Waals surface area contributed by atoms with E-state index in [-0.39, 0.29) is 24.6 Å². The smallest absolute Gasteiger partial charge is 0.341 e. The first-order valence-electron chi connectivity index (χ1n) is 7.42. The molecular formula is C16H14F3N3O3. The molecule has 1 atom stereocenters. The Balaban J connectivity index is 2.38. The molecule has 9 heteroatoms. The Bertz CT molecular complexity index is 955. The Morgan fingerprint density at radius 2 is 2.12 bits per heavy atom. The highest BCUT2D eigenvalue weighted by molar-refractivity contribution is 5.94. The molecule has 6 nitrogen and oxygen atoms in total. The average molecular weight is 353 g/mol. The third-order valence-electron chi connectivity index (χ3n) is 4.17. The van der Waals surface area contributed by atoms with Crippen LogP contribution >= 0.6 is 0 Å². The molecule has 0 saturated carbocycles. The van der Waals surface area contributed by atoms with Crippen LogP contribution in [0.1, 0.15) is 16.8 Å². The Morgan fingerprint density at radius 3 is 2.68 bits per heavy atom. The number of aromatic carboxylic acids is 1. The number of carbonyl (C=O) groups is 1. The fourth-order valence-corrected chi connectivity index (χ4v) is 3.04. The van der Waals surface area contributed by atoms with Crippen molar-refractivity contribution in [2.75, 3.05) is 18.0 Å². The summed E-state index contributed by atoms with van der Waals surface area (Å²) in [5, 5.41) is 8.59. The lowest BCUT2D eigenvalue weighted by Gasteiger charge is -2.21. The molecule has 2 heterocycles. The highest BCUT2D eigenvalue weighted by Gasteiger charge is 2.28. The van der Waals surface area contributed by atoms with Crippen molar-refractivity contribution in [1.29, 1.82) is 0 Å². The predicted molar refractivity (Wildman–Crippen MR) is 86.3 cm³/mol. The van der Waals surface area contributed by atoms with E-state index in [0.717, 1.165) is 23.0 Å². The largest absolute Gasteiger partial charge is 0.477 e. The Hall–Kier alpha value is -2.81. The molecule has 1 aliphatic heterocycles. The van der Waals surface area contributed by atoms with E-state index in [9.17, 15) is 18.4 Å². The number of rotatable bonds is 3. The van der Waals surface area contributed by atoms with Gasteiger partial charge in [-0.15, -0.1) is 0 Å². The monoisotopic (exact) mass is 353 g/mol. The van der Waals surface area contributed by atoms with Crippen molar-refractivity contribution in [3.8, 4) is 0 Å². The van der Waals surface area contributed by atoms with Crippen molar-refractivity contribution in [3.05, 3.63) is 46.0 Å². The molecule has 0 bridgehead atoms. The van der Waals surface area contributed by atoms with Gasteiger partial charge in [-0.25, -0.2) is 18.0 Å². The number of fused-ring (bicyclic) bond motifs is 1. The van der Waals surface area contributed by atoms with Crippen LogP contribution in [0.3, 0.4) is 0 Å². The molecule has 1 aliphatic rings. The van der Waals surface area contributed by atoms with Gasteiger partial charge in [0.1, 0.15) is 23.4 Å². The number of nitrogens with two attached hydrogens (primary N) is 1. The van der Waals surface area contributed by atoms with Gasteiger partial charge >= 0.3 is 5.97 Å². The van der Waals surface area contributed by atoms with Crippen molar-refractivity contribution in [1.82, 2.24) is 4.57 Å². The first-order chi connectivity index (χ1) is 11.8. The summed E-state index contributed by atoms with van der Waals surface area (Å²) in [7, 11) is 0. The molecular weight excluding hydrogens is 339 g/mol. The van der Waals surface area contributed by atoms with Crippen molar-refractivity contribution in [2.45, 2.75) is 12.5 Å². The molecule has 3 N–H and O–H groups in total. The summed E-state index contributed by atoms with van der Waals surface area (Å²) in [6.07, 6.45) is 2.15. The number of carboxylic acid groups (broad SMARTS) is 1. The minimum Gasteiger partial charge on any atom is -0.477 e. The van der Waals surface area contributed by atoms with Crippen LogP contribution < -0.4 is 16.1 Å². The highest BCUT2D eigenvalue weighted by atomic mass is 19.1. The molecule has 3 rings (SSSR count). The lowest BCUT2D eigenvalue weighted by molar-refractivity contribution is 0.0695. The Kier molecular flexibility index (Phi) is 4.25. The van der Waals surface area contributed by atoms with Crippen LogP contribution in [0, 0.1) is 11.6 Å². The summed E-state index contributed by atoms with van der Waals surface area (Å²) < 4.78 is 43.0. The van der Waals surface area contributed by atoms with Crippen LogP contribution in [0.2, 0.25) is 0 Å². The number of anilines is 1. The van der Waals surface area contributed by atoms with Crippen molar-refractivity contribution in [2.24, 2.45) is 5.73 Å². The van der Waals surface area contributed by atoms with Crippen LogP contribution in [0.4, 0.5) is 18.9 Å². The quantitative estimate of drug-likeness (QED) is 0.880. The number of hydrogen-bond acceptors (Lipinski definition) is 4. The molecule has 1 saturated heterocycles. The summed E-state index contributed by atoms with van der Waals surface area (Å²) >= 11 is 0. The SMILES string of the molecule is NC1CCN(c2c(F)cc3c(=O)c(C(=O)O)cn(/C=C\F)c3c2F)C1. The highest BCUT2D eigenvalue weighted by Crippen LogP contribution is 2.32. The third-order valence-corrected chi connectivity index (χ3v) is 4.17. The van der Waals surface area contributed by atoms with Gasteiger partial charge in [0.05, 0.1) is 10.9 Å². The lowest BCUT2D eigenvalue weighted by atomic mass is 10.1. The van der Waals surface area contributed by atoms with E-state index in [0.29, 0.717) is 13.0 Å². The number of pyridine rings is 1. The van der Waals surface area contributed by atoms with E-state index in [4.69, 9.17) is 10.8 Å². The number of carboxylic acids is 1. The topological polar surface area (TPSA) is 88.6 Å². The minimum atomic E-state index is -1.58. The summed E-state index contributed by atoms with van der Waals surface area (Å²) in [5.41, 5.74) is 3.22. The normalized spacial score (nSPS) is 17.8. The van der Waals surface area contributed by atoms with Crippen molar-refractivity contribution in [3.63, 3.8) is 0 Å². The van der Waals surface area contributed by atoms with Crippen LogP contribution in [-0.2, 0) is 0 Å². The second-order valence-electron chi connectivity index (χ2n) is 5.77. The van der Waals surface area contributed by atoms with E-state index >= 15 is 4.39 Å². The van der Waals surface area contributed by atoms with Gasteiger partial charge in [-0.05, 0) is 12.5 Å². The Morgan fingerprint density at radius 1 is 1.40 bits per heavy atom. The van der Waals surface area contributed by atoms with Gasteiger partial charge < -0.3 is 20.3 Å². The second-order valence-corrected chi connectivity index (χ2v) is 5.77. The van der Waals surface area contributed by atoms with E-state index in [1.165, 1.54) is 4.90 Å². The van der Waals surface area contributed by atoms with E-state index in [1.54, 1.807) is 0 Å². The summed E-state index contributed by atoms with van der Waals surface area (Å²) in [6.45, 7) is 0.562. The second kappa shape index (κ2) is 6.25. The number of nitrogens with zero attached hydrogens (tertiary/aromatic N) is 2. The maximum atomic E-state index is 15.0. The zero-order valence-corrected chi connectivity index (χ0v) is 12.9.